The monoisotopic (exact) mass is 280 g/mol. The molecule has 0 radical (unpaired) electrons. The van der Waals surface area contributed by atoms with Gasteiger partial charge in [0.15, 0.2) is 8.32 Å². The van der Waals surface area contributed by atoms with E-state index in [1.807, 2.05) is 12.1 Å². The minimum Gasteiger partial charge on any atom is -0.508 e. The summed E-state index contributed by atoms with van der Waals surface area (Å²) < 4.78 is 6.25. The molecule has 0 atom stereocenters. The molecule has 0 spiro atoms. The molecule has 108 valence electrons. The van der Waals surface area contributed by atoms with E-state index < -0.39 is 8.32 Å². The van der Waals surface area contributed by atoms with Gasteiger partial charge >= 0.3 is 0 Å². The second-order valence-electron chi connectivity index (χ2n) is 5.28. The van der Waals surface area contributed by atoms with E-state index in [2.05, 4.69) is 20.8 Å². The van der Waals surface area contributed by atoms with Gasteiger partial charge in [-0.3, -0.25) is 0 Å². The highest BCUT2D eigenvalue weighted by molar-refractivity contribution is 6.73. The number of hydrogen-bond donors (Lipinski definition) is 1. The summed E-state index contributed by atoms with van der Waals surface area (Å²) in [6.45, 7) is 7.49. The number of aromatic hydroxyl groups is 1. The zero-order valence-corrected chi connectivity index (χ0v) is 13.6. The average molecular weight is 280 g/mol. The molecule has 0 aliphatic heterocycles. The molecule has 0 amide bonds. The number of benzene rings is 1. The number of phenolic OH excluding ortho intramolecular Hbond substituents is 1. The number of hydrogen-bond acceptors (Lipinski definition) is 2. The van der Waals surface area contributed by atoms with Crippen molar-refractivity contribution in [1.29, 1.82) is 0 Å². The Balaban J connectivity index is 2.67. The van der Waals surface area contributed by atoms with Crippen LogP contribution in [0.3, 0.4) is 0 Å². The third kappa shape index (κ3) is 5.37. The second-order valence-corrected chi connectivity index (χ2v) is 9.44. The maximum absolute atomic E-state index is 9.32. The van der Waals surface area contributed by atoms with Gasteiger partial charge in [-0.1, -0.05) is 38.8 Å². The van der Waals surface area contributed by atoms with Gasteiger partial charge in [-0.25, -0.2) is 0 Å². The van der Waals surface area contributed by atoms with Gasteiger partial charge in [-0.15, -0.1) is 0 Å². The van der Waals surface area contributed by atoms with Gasteiger partial charge in [0.05, 0.1) is 0 Å². The molecular weight excluding hydrogens is 252 g/mol. The molecule has 0 fully saturated rings. The first-order valence-electron chi connectivity index (χ1n) is 7.57. The quantitative estimate of drug-likeness (QED) is 0.662. The molecule has 0 saturated heterocycles. The topological polar surface area (TPSA) is 29.5 Å². The van der Waals surface area contributed by atoms with Crippen LogP contribution >= 0.6 is 0 Å². The lowest BCUT2D eigenvalue weighted by atomic mass is 10.2. The summed E-state index contributed by atoms with van der Waals surface area (Å²) >= 11 is 0. The zero-order chi connectivity index (χ0) is 14.1. The average Bonchev–Trinajstić information content (AvgIpc) is 2.39. The van der Waals surface area contributed by atoms with Crippen molar-refractivity contribution < 1.29 is 9.53 Å². The van der Waals surface area contributed by atoms with Crippen LogP contribution in [0, 0.1) is 0 Å². The second kappa shape index (κ2) is 8.38. The van der Waals surface area contributed by atoms with Crippen LogP contribution in [-0.4, -0.2) is 20.0 Å². The van der Waals surface area contributed by atoms with E-state index in [1.165, 1.54) is 36.5 Å². The Morgan fingerprint density at radius 3 is 2.00 bits per heavy atom. The Labute approximate surface area is 118 Å². The van der Waals surface area contributed by atoms with Gasteiger partial charge in [0.25, 0.3) is 0 Å². The summed E-state index contributed by atoms with van der Waals surface area (Å²) in [5, 5.41) is 9.32. The highest BCUT2D eigenvalue weighted by Gasteiger charge is 2.32. The molecule has 19 heavy (non-hydrogen) atoms. The summed E-state index contributed by atoms with van der Waals surface area (Å²) in [7, 11) is -1.55. The Bertz CT molecular complexity index is 331. The van der Waals surface area contributed by atoms with E-state index in [0.29, 0.717) is 5.75 Å². The molecule has 1 rings (SSSR count). The normalized spacial score (nSPS) is 11.7. The first-order chi connectivity index (χ1) is 9.15. The van der Waals surface area contributed by atoms with Gasteiger partial charge in [0, 0.05) is 6.61 Å². The molecule has 2 nitrogen and oxygen atoms in total. The predicted molar refractivity (Wildman–Crippen MR) is 84.2 cm³/mol. The predicted octanol–water partition coefficient (Wildman–Crippen LogP) is 4.74. The van der Waals surface area contributed by atoms with Crippen LogP contribution in [0.15, 0.2) is 24.3 Å². The summed E-state index contributed by atoms with van der Waals surface area (Å²) in [6, 6.07) is 11.3. The third-order valence-corrected chi connectivity index (χ3v) is 8.55. The molecule has 1 N–H and O–H groups in total. The lowest BCUT2D eigenvalue weighted by Gasteiger charge is -2.31. The van der Waals surface area contributed by atoms with Gasteiger partial charge in [-0.2, -0.15) is 0 Å². The maximum atomic E-state index is 9.32. The van der Waals surface area contributed by atoms with Crippen LogP contribution in [0.5, 0.6) is 5.75 Å². The van der Waals surface area contributed by atoms with Crippen molar-refractivity contribution in [3.63, 3.8) is 0 Å². The molecule has 1 aromatic carbocycles. The van der Waals surface area contributed by atoms with Crippen LogP contribution in [0.4, 0.5) is 0 Å². The maximum Gasteiger partial charge on any atom is 0.193 e. The van der Waals surface area contributed by atoms with Crippen LogP contribution in [0.25, 0.3) is 0 Å². The Morgan fingerprint density at radius 1 is 0.947 bits per heavy atom. The van der Waals surface area contributed by atoms with E-state index in [9.17, 15) is 5.11 Å². The van der Waals surface area contributed by atoms with E-state index in [4.69, 9.17) is 4.43 Å². The van der Waals surface area contributed by atoms with E-state index in [0.717, 1.165) is 13.0 Å². The highest BCUT2D eigenvalue weighted by atomic mass is 28.4. The summed E-state index contributed by atoms with van der Waals surface area (Å²) in [5.74, 6) is 0.346. The molecule has 3 heteroatoms. The molecule has 0 unspecified atom stereocenters. The van der Waals surface area contributed by atoms with E-state index in [1.54, 1.807) is 12.1 Å². The Kier molecular flexibility index (Phi) is 7.17. The van der Waals surface area contributed by atoms with E-state index in [-0.39, 0.29) is 0 Å². The van der Waals surface area contributed by atoms with Crippen molar-refractivity contribution in [1.82, 2.24) is 0 Å². The van der Waals surface area contributed by atoms with Crippen LogP contribution in [0.1, 0.15) is 39.2 Å². The number of aryl methyl sites for hydroxylation is 1. The van der Waals surface area contributed by atoms with Gasteiger partial charge in [-0.05, 0) is 49.2 Å². The van der Waals surface area contributed by atoms with Crippen molar-refractivity contribution in [2.24, 2.45) is 0 Å². The Morgan fingerprint density at radius 2 is 1.53 bits per heavy atom. The fourth-order valence-corrected chi connectivity index (χ4v) is 7.21. The molecule has 0 aliphatic rings. The highest BCUT2D eigenvalue weighted by Crippen LogP contribution is 2.28. The first kappa shape index (κ1) is 16.3. The number of rotatable bonds is 9. The molecule has 0 heterocycles. The van der Waals surface area contributed by atoms with Crippen LogP contribution in [0.2, 0.25) is 18.1 Å². The molecular formula is C16H28O2Si. The SMILES string of the molecule is CCC[Si](CCC)(CCc1ccc(O)cc1)OCC. The summed E-state index contributed by atoms with van der Waals surface area (Å²) in [4.78, 5) is 0. The minimum absolute atomic E-state index is 0.346. The molecule has 0 aromatic heterocycles. The molecule has 0 aliphatic carbocycles. The van der Waals surface area contributed by atoms with Gasteiger partial charge in [0.2, 0.25) is 0 Å². The van der Waals surface area contributed by atoms with Crippen molar-refractivity contribution in [3.05, 3.63) is 29.8 Å². The number of phenols is 1. The fourth-order valence-electron chi connectivity index (χ4n) is 2.84. The van der Waals surface area contributed by atoms with Crippen molar-refractivity contribution in [2.45, 2.75) is 58.2 Å². The molecule has 0 saturated carbocycles. The van der Waals surface area contributed by atoms with Crippen LogP contribution < -0.4 is 0 Å². The summed E-state index contributed by atoms with van der Waals surface area (Å²) in [5.41, 5.74) is 1.31. The fraction of sp³-hybridized carbons (Fsp3) is 0.625. The van der Waals surface area contributed by atoms with Crippen molar-refractivity contribution in [2.75, 3.05) is 6.61 Å². The third-order valence-electron chi connectivity index (χ3n) is 3.67. The lowest BCUT2D eigenvalue weighted by molar-refractivity contribution is 0.316. The smallest absolute Gasteiger partial charge is 0.193 e. The molecule has 0 bridgehead atoms. The Hall–Kier alpha value is -0.803. The first-order valence-corrected chi connectivity index (χ1v) is 10.1. The lowest BCUT2D eigenvalue weighted by Crippen LogP contribution is -2.38. The minimum atomic E-state index is -1.55. The van der Waals surface area contributed by atoms with Gasteiger partial charge in [0.1, 0.15) is 5.75 Å². The molecule has 1 aromatic rings. The van der Waals surface area contributed by atoms with Crippen LogP contribution in [-0.2, 0) is 10.8 Å². The zero-order valence-electron chi connectivity index (χ0n) is 12.6. The van der Waals surface area contributed by atoms with Crippen molar-refractivity contribution in [3.8, 4) is 5.75 Å². The standard InChI is InChI=1S/C16H28O2Si/c1-4-12-19(13-5-2,18-6-3)14-11-15-7-9-16(17)10-8-15/h7-10,17H,4-6,11-14H2,1-3H3. The van der Waals surface area contributed by atoms with E-state index >= 15 is 0 Å². The van der Waals surface area contributed by atoms with Gasteiger partial charge < -0.3 is 9.53 Å². The van der Waals surface area contributed by atoms with Crippen molar-refractivity contribution >= 4 is 8.32 Å². The largest absolute Gasteiger partial charge is 0.508 e. The summed E-state index contributed by atoms with van der Waals surface area (Å²) in [6.07, 6.45) is 3.52.